The highest BCUT2D eigenvalue weighted by Crippen LogP contribution is 2.16. The van der Waals surface area contributed by atoms with Crippen LogP contribution in [0.5, 0.6) is 5.75 Å². The number of carbonyl (C=O) groups excluding carboxylic acids is 4. The Morgan fingerprint density at radius 2 is 1.49 bits per heavy atom. The summed E-state index contributed by atoms with van der Waals surface area (Å²) in [6.07, 6.45) is -0.159. The number of hydrogen-bond acceptors (Lipinski definition) is 8. The maximum atomic E-state index is 13.2. The molecular weight excluding hydrogens is 539 g/mol. The third kappa shape index (κ3) is 14.3. The number of carboxylic acids is 1. The fourth-order valence-electron chi connectivity index (χ4n) is 3.41. The Morgan fingerprint density at radius 1 is 0.878 bits per heavy atom. The summed E-state index contributed by atoms with van der Waals surface area (Å²) in [5.41, 5.74) is 1.56. The first-order valence-corrected chi connectivity index (χ1v) is 12.4. The molecule has 0 heterocycles. The van der Waals surface area contributed by atoms with E-state index in [4.69, 9.17) is 14.6 Å². The van der Waals surface area contributed by atoms with Gasteiger partial charge in [-0.25, -0.2) is 9.18 Å². The molecule has 0 fully saturated rings. The molecule has 0 aliphatic rings. The van der Waals surface area contributed by atoms with Crippen molar-refractivity contribution in [3.63, 3.8) is 0 Å². The number of methoxy groups -OCH3 is 2. The van der Waals surface area contributed by atoms with E-state index in [2.05, 4.69) is 21.9 Å². The quantitative estimate of drug-likeness (QED) is 0.228. The molecule has 2 aromatic rings. The standard InChI is InChI=1S/C22H24FNO4.C7H11NO5/c1-15(27-3)22(24-16(2)25)13-20(26)12-17-7-9-21(10-8-17)28-14-18-5-4-6-19(23)11-18;1-4(9)8-5(3-6(10)11)7(12)13-2/h4-11,22H,1,12-14H2,2-3H3,(H,24,25);5H,3H2,1-2H3,(H,8,9)(H,10,11)/t22-;5-/m00/s1. The van der Waals surface area contributed by atoms with Gasteiger partial charge in [-0.05, 0) is 35.4 Å². The van der Waals surface area contributed by atoms with Gasteiger partial charge in [0.15, 0.2) is 0 Å². The second-order valence-electron chi connectivity index (χ2n) is 8.78. The Labute approximate surface area is 237 Å². The number of ether oxygens (including phenoxy) is 3. The van der Waals surface area contributed by atoms with E-state index >= 15 is 0 Å². The summed E-state index contributed by atoms with van der Waals surface area (Å²) < 4.78 is 28.2. The number of esters is 1. The average molecular weight is 575 g/mol. The van der Waals surface area contributed by atoms with Crippen LogP contribution in [0.2, 0.25) is 0 Å². The number of Topliss-reactive ketones (excluding diaryl/α,β-unsaturated/α-hetero) is 1. The van der Waals surface area contributed by atoms with Gasteiger partial charge in [-0.15, -0.1) is 0 Å². The number of carboxylic acid groups (broad SMARTS) is 1. The molecule has 12 heteroatoms. The second-order valence-corrected chi connectivity index (χ2v) is 8.78. The molecule has 3 N–H and O–H groups in total. The Balaban J connectivity index is 0.000000545. The summed E-state index contributed by atoms with van der Waals surface area (Å²) >= 11 is 0. The van der Waals surface area contributed by atoms with Crippen molar-refractivity contribution in [3.8, 4) is 5.75 Å². The first-order valence-electron chi connectivity index (χ1n) is 12.4. The highest BCUT2D eigenvalue weighted by Gasteiger charge is 2.23. The number of nitrogens with one attached hydrogen (secondary N) is 2. The van der Waals surface area contributed by atoms with Crippen LogP contribution in [-0.2, 0) is 46.5 Å². The summed E-state index contributed by atoms with van der Waals surface area (Å²) in [6.45, 7) is 6.55. The average Bonchev–Trinajstić information content (AvgIpc) is 2.90. The molecule has 11 nitrogen and oxygen atoms in total. The molecule has 0 unspecified atom stereocenters. The Hall–Kier alpha value is -4.74. The monoisotopic (exact) mass is 574 g/mol. The van der Waals surface area contributed by atoms with Crippen molar-refractivity contribution in [3.05, 3.63) is 77.8 Å². The summed E-state index contributed by atoms with van der Waals surface area (Å²) in [5.74, 6) is -2.06. The molecule has 0 bridgehead atoms. The van der Waals surface area contributed by atoms with Gasteiger partial charge in [-0.1, -0.05) is 30.8 Å². The fourth-order valence-corrected chi connectivity index (χ4v) is 3.41. The van der Waals surface area contributed by atoms with Gasteiger partial charge in [0.05, 0.1) is 26.7 Å². The van der Waals surface area contributed by atoms with Gasteiger partial charge in [-0.3, -0.25) is 19.2 Å². The van der Waals surface area contributed by atoms with E-state index < -0.39 is 36.4 Å². The minimum absolute atomic E-state index is 0.0506. The van der Waals surface area contributed by atoms with E-state index in [9.17, 15) is 28.4 Å². The van der Waals surface area contributed by atoms with Gasteiger partial charge in [0.25, 0.3) is 0 Å². The van der Waals surface area contributed by atoms with Crippen LogP contribution in [-0.4, -0.2) is 60.9 Å². The lowest BCUT2D eigenvalue weighted by Gasteiger charge is -2.18. The topological polar surface area (TPSA) is 157 Å². The Morgan fingerprint density at radius 3 is 2.00 bits per heavy atom. The molecule has 0 spiro atoms. The maximum Gasteiger partial charge on any atom is 0.328 e. The normalized spacial score (nSPS) is 11.4. The highest BCUT2D eigenvalue weighted by molar-refractivity contribution is 5.86. The molecule has 0 saturated heterocycles. The molecular formula is C29H35FN2O9. The van der Waals surface area contributed by atoms with Crippen molar-refractivity contribution in [2.75, 3.05) is 14.2 Å². The first-order chi connectivity index (χ1) is 19.3. The van der Waals surface area contributed by atoms with E-state index in [1.165, 1.54) is 33.1 Å². The number of aliphatic carboxylic acids is 1. The smallest absolute Gasteiger partial charge is 0.328 e. The van der Waals surface area contributed by atoms with Gasteiger partial charge in [0.1, 0.15) is 35.8 Å². The number of amides is 2. The maximum absolute atomic E-state index is 13.2. The number of benzene rings is 2. The lowest BCUT2D eigenvalue weighted by molar-refractivity contribution is -0.149. The van der Waals surface area contributed by atoms with E-state index in [1.807, 2.05) is 0 Å². The Bertz CT molecular complexity index is 1200. The van der Waals surface area contributed by atoms with Crippen molar-refractivity contribution in [1.29, 1.82) is 0 Å². The van der Waals surface area contributed by atoms with Crippen molar-refractivity contribution >= 4 is 29.5 Å². The van der Waals surface area contributed by atoms with Gasteiger partial charge in [0, 0.05) is 26.7 Å². The van der Waals surface area contributed by atoms with Crippen LogP contribution in [0.15, 0.2) is 60.9 Å². The number of ketones is 1. The molecule has 2 atom stereocenters. The van der Waals surface area contributed by atoms with Gasteiger partial charge in [0.2, 0.25) is 11.8 Å². The largest absolute Gasteiger partial charge is 0.500 e. The lowest BCUT2D eigenvalue weighted by atomic mass is 10.0. The molecule has 0 aliphatic carbocycles. The van der Waals surface area contributed by atoms with Gasteiger partial charge >= 0.3 is 11.9 Å². The van der Waals surface area contributed by atoms with Crippen LogP contribution in [0, 0.1) is 5.82 Å². The zero-order valence-electron chi connectivity index (χ0n) is 23.4. The van der Waals surface area contributed by atoms with E-state index in [1.54, 1.807) is 36.4 Å². The van der Waals surface area contributed by atoms with E-state index in [0.717, 1.165) is 18.2 Å². The molecule has 0 saturated carbocycles. The van der Waals surface area contributed by atoms with Crippen LogP contribution in [0.1, 0.15) is 37.8 Å². The lowest BCUT2D eigenvalue weighted by Crippen LogP contribution is -2.41. The number of rotatable bonds is 14. The van der Waals surface area contributed by atoms with Crippen LogP contribution in [0.25, 0.3) is 0 Å². The van der Waals surface area contributed by atoms with Crippen molar-refractivity contribution < 1.29 is 47.7 Å². The second kappa shape index (κ2) is 17.8. The van der Waals surface area contributed by atoms with Gasteiger partial charge in [-0.2, -0.15) is 0 Å². The molecule has 222 valence electrons. The number of carbonyl (C=O) groups is 5. The molecule has 2 rings (SSSR count). The highest BCUT2D eigenvalue weighted by atomic mass is 19.1. The predicted octanol–water partition coefficient (Wildman–Crippen LogP) is 2.71. The minimum atomic E-state index is -1.18. The zero-order valence-corrected chi connectivity index (χ0v) is 23.4. The molecule has 0 aliphatic heterocycles. The van der Waals surface area contributed by atoms with Crippen LogP contribution in [0.3, 0.4) is 0 Å². The fraction of sp³-hybridized carbons (Fsp3) is 0.345. The van der Waals surface area contributed by atoms with Crippen molar-refractivity contribution in [2.45, 2.75) is 51.8 Å². The summed E-state index contributed by atoms with van der Waals surface area (Å²) in [6, 6.07) is 11.7. The van der Waals surface area contributed by atoms with Crippen molar-refractivity contribution in [2.24, 2.45) is 0 Å². The van der Waals surface area contributed by atoms with Gasteiger partial charge < -0.3 is 30.0 Å². The third-order valence-electron chi connectivity index (χ3n) is 5.32. The summed E-state index contributed by atoms with van der Waals surface area (Å²) in [4.78, 5) is 55.3. The molecule has 0 aromatic heterocycles. The summed E-state index contributed by atoms with van der Waals surface area (Å²) in [7, 11) is 2.57. The Kier molecular flexibility index (Phi) is 14.9. The third-order valence-corrected chi connectivity index (χ3v) is 5.32. The molecule has 2 amide bonds. The number of hydrogen-bond donors (Lipinski definition) is 3. The summed E-state index contributed by atoms with van der Waals surface area (Å²) in [5, 5.41) is 13.2. The first kappa shape index (κ1) is 34.3. The van der Waals surface area contributed by atoms with Crippen LogP contribution < -0.4 is 15.4 Å². The number of halogens is 1. The van der Waals surface area contributed by atoms with Crippen LogP contribution >= 0.6 is 0 Å². The SMILES string of the molecule is C=C(OC)[C@H](CC(=O)Cc1ccc(OCc2cccc(F)c2)cc1)NC(C)=O.COC(=O)[C@H](CC(=O)O)NC(C)=O. The van der Waals surface area contributed by atoms with E-state index in [0.29, 0.717) is 11.5 Å². The van der Waals surface area contributed by atoms with Crippen LogP contribution in [0.4, 0.5) is 4.39 Å². The van der Waals surface area contributed by atoms with E-state index in [-0.39, 0.29) is 37.0 Å². The zero-order chi connectivity index (χ0) is 30.9. The predicted molar refractivity (Wildman–Crippen MR) is 146 cm³/mol. The van der Waals surface area contributed by atoms with Crippen molar-refractivity contribution in [1.82, 2.24) is 10.6 Å². The molecule has 41 heavy (non-hydrogen) atoms. The molecule has 0 radical (unpaired) electrons. The minimum Gasteiger partial charge on any atom is -0.500 e. The molecule has 2 aromatic carbocycles.